The Bertz CT molecular complexity index is 327. The third-order valence-corrected chi connectivity index (χ3v) is 4.19. The number of nitrogens with one attached hydrogen (secondary N) is 1. The first-order chi connectivity index (χ1) is 9.22. The average Bonchev–Trinajstić information content (AvgIpc) is 2.58. The topological polar surface area (TPSA) is 58.6 Å². The minimum atomic E-state index is -0.313. The minimum absolute atomic E-state index is 0.00356. The first kappa shape index (κ1) is 14.3. The van der Waals surface area contributed by atoms with Gasteiger partial charge in [0, 0.05) is 26.6 Å². The van der Waals surface area contributed by atoms with Crippen molar-refractivity contribution in [1.82, 2.24) is 10.2 Å². The van der Waals surface area contributed by atoms with Crippen molar-refractivity contribution in [3.05, 3.63) is 0 Å². The number of methoxy groups -OCH3 is 1. The number of carbonyl (C=O) groups excluding carboxylic acids is 2. The molecule has 0 aromatic rings. The molecule has 1 saturated carbocycles. The van der Waals surface area contributed by atoms with Crippen LogP contribution in [0.3, 0.4) is 0 Å². The molecule has 0 radical (unpaired) electrons. The Morgan fingerprint density at radius 2 is 2.00 bits per heavy atom. The van der Waals surface area contributed by atoms with Crippen LogP contribution in [-0.2, 0) is 14.3 Å². The summed E-state index contributed by atoms with van der Waals surface area (Å²) in [5.41, 5.74) is 0. The van der Waals surface area contributed by atoms with E-state index in [1.165, 1.54) is 19.3 Å². The quantitative estimate of drug-likeness (QED) is 0.825. The van der Waals surface area contributed by atoms with Crippen LogP contribution in [0, 0.1) is 5.92 Å². The number of carbonyl (C=O) groups is 2. The molecule has 5 heteroatoms. The van der Waals surface area contributed by atoms with Crippen molar-refractivity contribution in [3.63, 3.8) is 0 Å². The molecule has 0 spiro atoms. The van der Waals surface area contributed by atoms with Crippen molar-refractivity contribution in [2.24, 2.45) is 5.92 Å². The van der Waals surface area contributed by atoms with E-state index in [1.807, 2.05) is 0 Å². The lowest BCUT2D eigenvalue weighted by atomic mass is 9.83. The fourth-order valence-corrected chi connectivity index (χ4v) is 3.06. The van der Waals surface area contributed by atoms with E-state index in [2.05, 4.69) is 5.32 Å². The Labute approximate surface area is 114 Å². The van der Waals surface area contributed by atoms with Crippen LogP contribution in [0.2, 0.25) is 0 Å². The molecule has 1 N–H and O–H groups in total. The molecule has 2 rings (SSSR count). The second-order valence-electron chi connectivity index (χ2n) is 5.51. The van der Waals surface area contributed by atoms with Crippen LogP contribution in [0.15, 0.2) is 0 Å². The summed E-state index contributed by atoms with van der Waals surface area (Å²) in [5, 5.41) is 2.93. The van der Waals surface area contributed by atoms with Crippen LogP contribution in [0.1, 0.15) is 38.5 Å². The molecular formula is C14H24N2O3. The normalized spacial score (nSPS) is 26.2. The van der Waals surface area contributed by atoms with Crippen LogP contribution in [0.4, 0.5) is 0 Å². The first-order valence-corrected chi connectivity index (χ1v) is 7.29. The van der Waals surface area contributed by atoms with Crippen molar-refractivity contribution in [2.75, 3.05) is 26.8 Å². The van der Waals surface area contributed by atoms with Gasteiger partial charge in [0.1, 0.15) is 6.04 Å². The lowest BCUT2D eigenvalue weighted by Gasteiger charge is -2.31. The van der Waals surface area contributed by atoms with Gasteiger partial charge < -0.3 is 15.0 Å². The monoisotopic (exact) mass is 268 g/mol. The summed E-state index contributed by atoms with van der Waals surface area (Å²) in [6.45, 7) is 1.61. The fourth-order valence-electron chi connectivity index (χ4n) is 3.06. The molecule has 1 atom stereocenters. The maximum atomic E-state index is 12.6. The maximum absolute atomic E-state index is 12.6. The Morgan fingerprint density at radius 1 is 1.26 bits per heavy atom. The van der Waals surface area contributed by atoms with Gasteiger partial charge in [-0.3, -0.25) is 9.59 Å². The van der Waals surface area contributed by atoms with Gasteiger partial charge in [-0.25, -0.2) is 0 Å². The predicted molar refractivity (Wildman–Crippen MR) is 71.6 cm³/mol. The Kier molecular flexibility index (Phi) is 5.19. The van der Waals surface area contributed by atoms with Crippen molar-refractivity contribution in [3.8, 4) is 0 Å². The summed E-state index contributed by atoms with van der Waals surface area (Å²) >= 11 is 0. The number of amides is 2. The zero-order valence-corrected chi connectivity index (χ0v) is 11.7. The van der Waals surface area contributed by atoms with E-state index >= 15 is 0 Å². The summed E-state index contributed by atoms with van der Waals surface area (Å²) in [6.07, 6.45) is 6.09. The van der Waals surface area contributed by atoms with Gasteiger partial charge in [0.25, 0.3) is 0 Å². The molecular weight excluding hydrogens is 244 g/mol. The number of rotatable bonds is 4. The highest BCUT2D eigenvalue weighted by molar-refractivity contribution is 5.90. The van der Waals surface area contributed by atoms with E-state index in [1.54, 1.807) is 12.0 Å². The van der Waals surface area contributed by atoms with Crippen molar-refractivity contribution in [2.45, 2.75) is 44.6 Å². The second-order valence-corrected chi connectivity index (χ2v) is 5.51. The molecule has 1 saturated heterocycles. The Hall–Kier alpha value is -1.10. The third kappa shape index (κ3) is 3.69. The van der Waals surface area contributed by atoms with Gasteiger partial charge in [0.05, 0.1) is 6.61 Å². The smallest absolute Gasteiger partial charge is 0.245 e. The lowest BCUT2D eigenvalue weighted by molar-refractivity contribution is -0.135. The van der Waals surface area contributed by atoms with Crippen molar-refractivity contribution < 1.29 is 14.3 Å². The van der Waals surface area contributed by atoms with Crippen LogP contribution in [-0.4, -0.2) is 49.6 Å². The van der Waals surface area contributed by atoms with Crippen molar-refractivity contribution in [1.29, 1.82) is 0 Å². The van der Waals surface area contributed by atoms with E-state index in [0.29, 0.717) is 32.0 Å². The molecule has 0 aromatic carbocycles. The number of hydrogen-bond donors (Lipinski definition) is 1. The highest BCUT2D eigenvalue weighted by atomic mass is 16.5. The summed E-state index contributed by atoms with van der Waals surface area (Å²) in [7, 11) is 1.63. The summed E-state index contributed by atoms with van der Waals surface area (Å²) in [5.74, 6) is 0.395. The SMILES string of the molecule is COCCN1CCC(=O)NC(C2CCCCC2)C1=O. The zero-order chi connectivity index (χ0) is 13.7. The highest BCUT2D eigenvalue weighted by Crippen LogP contribution is 2.28. The van der Waals surface area contributed by atoms with Gasteiger partial charge >= 0.3 is 0 Å². The van der Waals surface area contributed by atoms with E-state index < -0.39 is 0 Å². The molecule has 2 amide bonds. The zero-order valence-electron chi connectivity index (χ0n) is 11.7. The highest BCUT2D eigenvalue weighted by Gasteiger charge is 2.35. The van der Waals surface area contributed by atoms with E-state index in [9.17, 15) is 9.59 Å². The number of ether oxygens (including phenoxy) is 1. The fraction of sp³-hybridized carbons (Fsp3) is 0.857. The van der Waals surface area contributed by atoms with E-state index in [0.717, 1.165) is 12.8 Å². The maximum Gasteiger partial charge on any atom is 0.245 e. The van der Waals surface area contributed by atoms with Crippen LogP contribution < -0.4 is 5.32 Å². The number of nitrogens with zero attached hydrogens (tertiary/aromatic N) is 1. The minimum Gasteiger partial charge on any atom is -0.383 e. The molecule has 108 valence electrons. The van der Waals surface area contributed by atoms with Gasteiger partial charge in [-0.15, -0.1) is 0 Å². The molecule has 2 fully saturated rings. The predicted octanol–water partition coefficient (Wildman–Crippen LogP) is 0.930. The average molecular weight is 268 g/mol. The molecule has 1 aliphatic carbocycles. The Balaban J connectivity index is 2.04. The van der Waals surface area contributed by atoms with Gasteiger partial charge in [0.15, 0.2) is 0 Å². The van der Waals surface area contributed by atoms with Gasteiger partial charge in [-0.1, -0.05) is 19.3 Å². The Morgan fingerprint density at radius 3 is 2.68 bits per heavy atom. The van der Waals surface area contributed by atoms with E-state index in [4.69, 9.17) is 4.74 Å². The van der Waals surface area contributed by atoms with Crippen LogP contribution in [0.25, 0.3) is 0 Å². The first-order valence-electron chi connectivity index (χ1n) is 7.29. The largest absolute Gasteiger partial charge is 0.383 e. The molecule has 19 heavy (non-hydrogen) atoms. The molecule has 1 unspecified atom stereocenters. The van der Waals surface area contributed by atoms with Gasteiger partial charge in [-0.2, -0.15) is 0 Å². The van der Waals surface area contributed by atoms with Crippen LogP contribution >= 0.6 is 0 Å². The standard InChI is InChI=1S/C14H24N2O3/c1-19-10-9-16-8-7-12(17)15-13(14(16)18)11-5-3-2-4-6-11/h11,13H,2-10H2,1H3,(H,15,17). The van der Waals surface area contributed by atoms with Gasteiger partial charge in [0.2, 0.25) is 11.8 Å². The second kappa shape index (κ2) is 6.89. The molecule has 0 bridgehead atoms. The molecule has 1 heterocycles. The van der Waals surface area contributed by atoms with Crippen molar-refractivity contribution >= 4 is 11.8 Å². The molecule has 5 nitrogen and oxygen atoms in total. The summed E-state index contributed by atoms with van der Waals surface area (Å²) in [6, 6.07) is -0.313. The summed E-state index contributed by atoms with van der Waals surface area (Å²) in [4.78, 5) is 26.1. The molecule has 0 aromatic heterocycles. The van der Waals surface area contributed by atoms with Gasteiger partial charge in [-0.05, 0) is 18.8 Å². The van der Waals surface area contributed by atoms with E-state index in [-0.39, 0.29) is 17.9 Å². The molecule has 1 aliphatic heterocycles. The number of hydrogen-bond acceptors (Lipinski definition) is 3. The van der Waals surface area contributed by atoms with Crippen LogP contribution in [0.5, 0.6) is 0 Å². The third-order valence-electron chi connectivity index (χ3n) is 4.19. The lowest BCUT2D eigenvalue weighted by Crippen LogP contribution is -2.50. The molecule has 2 aliphatic rings. The summed E-state index contributed by atoms with van der Waals surface area (Å²) < 4.78 is 5.04.